The SMILES string of the molecule is CCOC(=O)C(O)C(O)c1cnc(OC)c(Cl)c1. The van der Waals surface area contributed by atoms with E-state index in [1.165, 1.54) is 19.4 Å². The van der Waals surface area contributed by atoms with Crippen LogP contribution in [0.15, 0.2) is 12.3 Å². The molecular formula is C11H14ClNO5. The molecule has 1 rings (SSSR count). The van der Waals surface area contributed by atoms with Crippen LogP contribution < -0.4 is 4.74 Å². The van der Waals surface area contributed by atoms with E-state index in [9.17, 15) is 15.0 Å². The van der Waals surface area contributed by atoms with Crippen molar-refractivity contribution < 1.29 is 24.5 Å². The van der Waals surface area contributed by atoms with E-state index in [0.717, 1.165) is 0 Å². The molecule has 0 aliphatic heterocycles. The van der Waals surface area contributed by atoms with Gasteiger partial charge in [-0.1, -0.05) is 11.6 Å². The van der Waals surface area contributed by atoms with Gasteiger partial charge in [-0.15, -0.1) is 0 Å². The van der Waals surface area contributed by atoms with E-state index in [-0.39, 0.29) is 23.1 Å². The molecule has 6 nitrogen and oxygen atoms in total. The number of carbonyl (C=O) groups excluding carboxylic acids is 1. The van der Waals surface area contributed by atoms with Crippen molar-refractivity contribution in [1.29, 1.82) is 0 Å². The second-order valence-electron chi connectivity index (χ2n) is 3.40. The quantitative estimate of drug-likeness (QED) is 0.769. The molecule has 100 valence electrons. The molecule has 0 saturated carbocycles. The van der Waals surface area contributed by atoms with E-state index in [2.05, 4.69) is 9.72 Å². The zero-order chi connectivity index (χ0) is 13.7. The van der Waals surface area contributed by atoms with Gasteiger partial charge in [0.15, 0.2) is 6.10 Å². The highest BCUT2D eigenvalue weighted by Crippen LogP contribution is 2.26. The maximum absolute atomic E-state index is 11.3. The highest BCUT2D eigenvalue weighted by Gasteiger charge is 2.27. The molecule has 7 heteroatoms. The highest BCUT2D eigenvalue weighted by molar-refractivity contribution is 6.31. The Hall–Kier alpha value is -1.37. The van der Waals surface area contributed by atoms with E-state index in [1.54, 1.807) is 6.92 Å². The molecule has 0 aromatic carbocycles. The number of esters is 1. The monoisotopic (exact) mass is 275 g/mol. The van der Waals surface area contributed by atoms with Crippen LogP contribution >= 0.6 is 11.6 Å². The first-order valence-electron chi connectivity index (χ1n) is 5.23. The first-order valence-corrected chi connectivity index (χ1v) is 5.61. The van der Waals surface area contributed by atoms with E-state index in [4.69, 9.17) is 16.3 Å². The standard InChI is InChI=1S/C11H14ClNO5/c1-3-18-11(16)9(15)8(14)6-4-7(12)10(17-2)13-5-6/h4-5,8-9,14-15H,3H2,1-2H3. The van der Waals surface area contributed by atoms with E-state index < -0.39 is 18.2 Å². The molecule has 0 spiro atoms. The van der Waals surface area contributed by atoms with E-state index >= 15 is 0 Å². The molecule has 2 unspecified atom stereocenters. The van der Waals surface area contributed by atoms with Gasteiger partial charge in [-0.3, -0.25) is 0 Å². The summed E-state index contributed by atoms with van der Waals surface area (Å²) < 4.78 is 9.44. The topological polar surface area (TPSA) is 88.9 Å². The van der Waals surface area contributed by atoms with Crippen LogP contribution in [-0.4, -0.2) is 41.0 Å². The molecule has 0 fully saturated rings. The van der Waals surface area contributed by atoms with Crippen molar-refractivity contribution in [1.82, 2.24) is 4.98 Å². The van der Waals surface area contributed by atoms with Crippen molar-refractivity contribution in [3.05, 3.63) is 22.8 Å². The third-order valence-electron chi connectivity index (χ3n) is 2.19. The molecule has 1 aromatic heterocycles. The van der Waals surface area contributed by atoms with Crippen molar-refractivity contribution >= 4 is 17.6 Å². The van der Waals surface area contributed by atoms with Gasteiger partial charge >= 0.3 is 5.97 Å². The first-order chi connectivity index (χ1) is 8.51. The second-order valence-corrected chi connectivity index (χ2v) is 3.81. The Morgan fingerprint density at radius 2 is 2.22 bits per heavy atom. The van der Waals surface area contributed by atoms with Gasteiger partial charge in [0.2, 0.25) is 5.88 Å². The summed E-state index contributed by atoms with van der Waals surface area (Å²) in [4.78, 5) is 15.1. The van der Waals surface area contributed by atoms with Crippen molar-refractivity contribution in [2.24, 2.45) is 0 Å². The van der Waals surface area contributed by atoms with Gasteiger partial charge in [0.05, 0.1) is 13.7 Å². The van der Waals surface area contributed by atoms with Gasteiger partial charge in [0.1, 0.15) is 11.1 Å². The average Bonchev–Trinajstić information content (AvgIpc) is 2.37. The van der Waals surface area contributed by atoms with E-state index in [0.29, 0.717) is 0 Å². The highest BCUT2D eigenvalue weighted by atomic mass is 35.5. The zero-order valence-electron chi connectivity index (χ0n) is 9.96. The second kappa shape index (κ2) is 6.53. The van der Waals surface area contributed by atoms with Crippen molar-refractivity contribution in [3.8, 4) is 5.88 Å². The Morgan fingerprint density at radius 1 is 1.56 bits per heavy atom. The first kappa shape index (κ1) is 14.7. The average molecular weight is 276 g/mol. The molecule has 0 aliphatic rings. The number of rotatable bonds is 5. The van der Waals surface area contributed by atoms with Gasteiger partial charge < -0.3 is 19.7 Å². The molecule has 0 radical (unpaired) electrons. The fourth-order valence-corrected chi connectivity index (χ4v) is 1.54. The Labute approximate surface area is 109 Å². The van der Waals surface area contributed by atoms with Crippen molar-refractivity contribution in [2.75, 3.05) is 13.7 Å². The maximum Gasteiger partial charge on any atom is 0.338 e. The summed E-state index contributed by atoms with van der Waals surface area (Å²) in [6.45, 7) is 1.72. The normalized spacial score (nSPS) is 13.8. The van der Waals surface area contributed by atoms with Crippen LogP contribution in [0, 0.1) is 0 Å². The van der Waals surface area contributed by atoms with Gasteiger partial charge in [-0.25, -0.2) is 9.78 Å². The molecule has 2 N–H and O–H groups in total. The number of methoxy groups -OCH3 is 1. The predicted octanol–water partition coefficient (Wildman–Crippen LogP) is 0.701. The lowest BCUT2D eigenvalue weighted by Gasteiger charge is -2.16. The van der Waals surface area contributed by atoms with Gasteiger partial charge in [0.25, 0.3) is 0 Å². The van der Waals surface area contributed by atoms with Crippen LogP contribution in [0.3, 0.4) is 0 Å². The molecule has 0 saturated heterocycles. The van der Waals surface area contributed by atoms with Crippen molar-refractivity contribution in [2.45, 2.75) is 19.1 Å². The number of ether oxygens (including phenoxy) is 2. The van der Waals surface area contributed by atoms with Crippen LogP contribution in [0.4, 0.5) is 0 Å². The Bertz CT molecular complexity index is 426. The minimum Gasteiger partial charge on any atom is -0.480 e. The lowest BCUT2D eigenvalue weighted by molar-refractivity contribution is -0.159. The van der Waals surface area contributed by atoms with E-state index in [1.807, 2.05) is 0 Å². The minimum atomic E-state index is -1.68. The van der Waals surface area contributed by atoms with Crippen LogP contribution in [0.25, 0.3) is 0 Å². The molecule has 1 aromatic rings. The Morgan fingerprint density at radius 3 is 2.72 bits per heavy atom. The maximum atomic E-state index is 11.3. The summed E-state index contributed by atoms with van der Waals surface area (Å²) in [6, 6.07) is 1.36. The summed E-state index contributed by atoms with van der Waals surface area (Å²) in [5.74, 6) is -0.713. The number of halogens is 1. The minimum absolute atomic E-state index is 0.115. The third-order valence-corrected chi connectivity index (χ3v) is 2.46. The summed E-state index contributed by atoms with van der Waals surface area (Å²) in [5, 5.41) is 19.5. The fourth-order valence-electron chi connectivity index (χ4n) is 1.29. The molecule has 2 atom stereocenters. The van der Waals surface area contributed by atoms with Crippen LogP contribution in [0.5, 0.6) is 5.88 Å². The zero-order valence-corrected chi connectivity index (χ0v) is 10.7. The molecule has 0 amide bonds. The predicted molar refractivity (Wildman–Crippen MR) is 63.4 cm³/mol. The van der Waals surface area contributed by atoms with Crippen LogP contribution in [0.2, 0.25) is 5.02 Å². The smallest absolute Gasteiger partial charge is 0.338 e. The third kappa shape index (κ3) is 3.32. The number of nitrogens with zero attached hydrogens (tertiary/aromatic N) is 1. The lowest BCUT2D eigenvalue weighted by atomic mass is 10.1. The van der Waals surface area contributed by atoms with Crippen LogP contribution in [-0.2, 0) is 9.53 Å². The Balaban J connectivity index is 2.86. The number of aliphatic hydroxyl groups is 2. The summed E-state index contributed by atoms with van der Waals surface area (Å²) in [6.07, 6.45) is -1.88. The van der Waals surface area contributed by atoms with Crippen LogP contribution in [0.1, 0.15) is 18.6 Å². The number of aromatic nitrogens is 1. The fraction of sp³-hybridized carbons (Fsp3) is 0.455. The molecular weight excluding hydrogens is 262 g/mol. The van der Waals surface area contributed by atoms with Gasteiger partial charge in [-0.05, 0) is 13.0 Å². The number of pyridine rings is 1. The summed E-state index contributed by atoms with van der Waals surface area (Å²) in [7, 11) is 1.40. The molecule has 0 aliphatic carbocycles. The summed E-state index contributed by atoms with van der Waals surface area (Å²) >= 11 is 5.82. The summed E-state index contributed by atoms with van der Waals surface area (Å²) in [5.41, 5.74) is 0.196. The van der Waals surface area contributed by atoms with Gasteiger partial charge in [0, 0.05) is 11.8 Å². The van der Waals surface area contributed by atoms with Crippen molar-refractivity contribution in [3.63, 3.8) is 0 Å². The largest absolute Gasteiger partial charge is 0.480 e. The lowest BCUT2D eigenvalue weighted by Crippen LogP contribution is -2.30. The number of hydrogen-bond acceptors (Lipinski definition) is 6. The molecule has 1 heterocycles. The number of aliphatic hydroxyl groups excluding tert-OH is 2. The molecule has 18 heavy (non-hydrogen) atoms. The molecule has 0 bridgehead atoms. The Kier molecular flexibility index (Phi) is 5.33. The number of hydrogen-bond donors (Lipinski definition) is 2. The number of carbonyl (C=O) groups is 1. The van der Waals surface area contributed by atoms with Gasteiger partial charge in [-0.2, -0.15) is 0 Å².